The summed E-state index contributed by atoms with van der Waals surface area (Å²) in [5.74, 6) is 0.362. The summed E-state index contributed by atoms with van der Waals surface area (Å²) in [7, 11) is 0. The lowest BCUT2D eigenvalue weighted by Gasteiger charge is -2.44. The first kappa shape index (κ1) is 23.3. The molecule has 1 fully saturated rings. The van der Waals surface area contributed by atoms with Gasteiger partial charge in [0.1, 0.15) is 11.6 Å². The van der Waals surface area contributed by atoms with Crippen LogP contribution in [0, 0.1) is 5.82 Å². The zero-order valence-corrected chi connectivity index (χ0v) is 19.6. The zero-order valence-electron chi connectivity index (χ0n) is 18.8. The van der Waals surface area contributed by atoms with Gasteiger partial charge in [0.15, 0.2) is 6.61 Å². The van der Waals surface area contributed by atoms with Crippen LogP contribution in [0.25, 0.3) is 0 Å². The maximum absolute atomic E-state index is 13.2. The number of rotatable bonds is 7. The van der Waals surface area contributed by atoms with E-state index < -0.39 is 0 Å². The molecule has 2 aromatic carbocycles. The molecule has 2 atom stereocenters. The maximum Gasteiger partial charge on any atom is 0.260 e. The molecule has 2 unspecified atom stereocenters. The third-order valence-corrected chi connectivity index (χ3v) is 6.26. The Hall–Kier alpha value is -2.90. The van der Waals surface area contributed by atoms with Crippen molar-refractivity contribution < 1.29 is 13.9 Å². The number of nitrogens with zero attached hydrogens (tertiary/aromatic N) is 4. The van der Waals surface area contributed by atoms with Crippen LogP contribution in [0.5, 0.6) is 5.75 Å². The number of aromatic nitrogens is 2. The highest BCUT2D eigenvalue weighted by atomic mass is 35.5. The van der Waals surface area contributed by atoms with Crippen LogP contribution in [0.1, 0.15) is 25.0 Å². The Bertz CT molecular complexity index is 1070. The SMILES string of the molecule is CC1CN(C(=O)COc2ccc(Cl)cc2Cn2ccnc2)C(C)CN1Cc1ccc(F)cc1. The fraction of sp³-hybridized carbons (Fsp3) is 0.360. The van der Waals surface area contributed by atoms with Gasteiger partial charge in [0.05, 0.1) is 12.9 Å². The van der Waals surface area contributed by atoms with Crippen molar-refractivity contribution >= 4 is 17.5 Å². The molecule has 1 saturated heterocycles. The Balaban J connectivity index is 1.36. The van der Waals surface area contributed by atoms with E-state index in [1.165, 1.54) is 12.1 Å². The zero-order chi connectivity index (χ0) is 23.4. The first-order chi connectivity index (χ1) is 15.9. The van der Waals surface area contributed by atoms with Gasteiger partial charge in [0.25, 0.3) is 5.91 Å². The van der Waals surface area contributed by atoms with Crippen molar-refractivity contribution in [2.75, 3.05) is 19.7 Å². The molecule has 0 radical (unpaired) electrons. The lowest BCUT2D eigenvalue weighted by molar-refractivity contribution is -0.139. The Kier molecular flexibility index (Phi) is 7.30. The second-order valence-electron chi connectivity index (χ2n) is 8.58. The fourth-order valence-electron chi connectivity index (χ4n) is 4.20. The molecule has 0 N–H and O–H groups in total. The molecule has 6 nitrogen and oxygen atoms in total. The number of imidazole rings is 1. The first-order valence-corrected chi connectivity index (χ1v) is 11.4. The second kappa shape index (κ2) is 10.4. The van der Waals surface area contributed by atoms with Gasteiger partial charge in [0, 0.05) is 54.7 Å². The lowest BCUT2D eigenvalue weighted by atomic mass is 10.1. The summed E-state index contributed by atoms with van der Waals surface area (Å²) in [5, 5.41) is 0.614. The number of carbonyl (C=O) groups is 1. The largest absolute Gasteiger partial charge is 0.483 e. The summed E-state index contributed by atoms with van der Waals surface area (Å²) < 4.78 is 21.1. The van der Waals surface area contributed by atoms with Gasteiger partial charge in [-0.15, -0.1) is 0 Å². The molecule has 0 saturated carbocycles. The van der Waals surface area contributed by atoms with Crippen LogP contribution >= 0.6 is 11.6 Å². The molecule has 8 heteroatoms. The molecular formula is C25H28ClFN4O2. The Morgan fingerprint density at radius 2 is 1.91 bits per heavy atom. The number of piperazine rings is 1. The predicted octanol–water partition coefficient (Wildman–Crippen LogP) is 4.22. The molecule has 0 aliphatic carbocycles. The third kappa shape index (κ3) is 5.92. The van der Waals surface area contributed by atoms with Gasteiger partial charge in [-0.2, -0.15) is 0 Å². The minimum Gasteiger partial charge on any atom is -0.483 e. The van der Waals surface area contributed by atoms with Crippen LogP contribution < -0.4 is 4.74 Å². The van der Waals surface area contributed by atoms with E-state index in [1.807, 2.05) is 40.8 Å². The molecule has 1 amide bonds. The molecule has 3 aromatic rings. The molecule has 0 spiro atoms. The Morgan fingerprint density at radius 3 is 2.64 bits per heavy atom. The van der Waals surface area contributed by atoms with E-state index in [1.54, 1.807) is 24.7 Å². The predicted molar refractivity (Wildman–Crippen MR) is 126 cm³/mol. The molecule has 0 bridgehead atoms. The van der Waals surface area contributed by atoms with Crippen molar-refractivity contribution in [3.05, 3.63) is 83.2 Å². The van der Waals surface area contributed by atoms with E-state index in [2.05, 4.69) is 16.8 Å². The van der Waals surface area contributed by atoms with Crippen molar-refractivity contribution in [2.24, 2.45) is 0 Å². The van der Waals surface area contributed by atoms with Crippen molar-refractivity contribution in [3.8, 4) is 5.75 Å². The number of ether oxygens (including phenoxy) is 1. The molecule has 33 heavy (non-hydrogen) atoms. The molecule has 4 rings (SSSR count). The molecular weight excluding hydrogens is 443 g/mol. The van der Waals surface area contributed by atoms with Crippen LogP contribution in [0.3, 0.4) is 0 Å². The number of hydrogen-bond acceptors (Lipinski definition) is 4. The topological polar surface area (TPSA) is 50.6 Å². The quantitative estimate of drug-likeness (QED) is 0.518. The maximum atomic E-state index is 13.2. The highest BCUT2D eigenvalue weighted by Crippen LogP contribution is 2.25. The van der Waals surface area contributed by atoms with Gasteiger partial charge in [-0.3, -0.25) is 9.69 Å². The van der Waals surface area contributed by atoms with Crippen LogP contribution in [-0.4, -0.2) is 57.0 Å². The molecule has 1 aromatic heterocycles. The third-order valence-electron chi connectivity index (χ3n) is 6.02. The van der Waals surface area contributed by atoms with Crippen LogP contribution in [0.4, 0.5) is 4.39 Å². The number of hydrogen-bond donors (Lipinski definition) is 0. The Labute approximate surface area is 198 Å². The van der Waals surface area contributed by atoms with Crippen molar-refractivity contribution in [1.82, 2.24) is 19.4 Å². The van der Waals surface area contributed by atoms with Gasteiger partial charge in [-0.05, 0) is 49.7 Å². The summed E-state index contributed by atoms with van der Waals surface area (Å²) >= 11 is 6.18. The van der Waals surface area contributed by atoms with Crippen molar-refractivity contribution in [1.29, 1.82) is 0 Å². The summed E-state index contributed by atoms with van der Waals surface area (Å²) in [5.41, 5.74) is 1.95. The average Bonchev–Trinajstić information content (AvgIpc) is 3.30. The fourth-order valence-corrected chi connectivity index (χ4v) is 4.40. The van der Waals surface area contributed by atoms with E-state index >= 15 is 0 Å². The standard InChI is InChI=1S/C25H28ClFN4O2/c1-18-13-31(19(2)12-30(18)14-20-3-6-23(27)7-4-20)25(32)16-33-24-8-5-22(26)11-21(24)15-29-10-9-28-17-29/h3-11,17-19H,12-16H2,1-2H3. The highest BCUT2D eigenvalue weighted by molar-refractivity contribution is 6.30. The second-order valence-corrected chi connectivity index (χ2v) is 9.01. The monoisotopic (exact) mass is 470 g/mol. The number of halogens is 2. The van der Waals surface area contributed by atoms with Gasteiger partial charge in [-0.1, -0.05) is 23.7 Å². The van der Waals surface area contributed by atoms with E-state index in [-0.39, 0.29) is 30.4 Å². The molecule has 1 aliphatic heterocycles. The normalized spacial score (nSPS) is 19.0. The molecule has 174 valence electrons. The van der Waals surface area contributed by atoms with Gasteiger partial charge in [0.2, 0.25) is 0 Å². The minimum atomic E-state index is -0.232. The highest BCUT2D eigenvalue weighted by Gasteiger charge is 2.32. The molecule has 2 heterocycles. The van der Waals surface area contributed by atoms with Crippen LogP contribution in [0.15, 0.2) is 61.2 Å². The number of amides is 1. The number of carbonyl (C=O) groups excluding carboxylic acids is 1. The van der Waals surface area contributed by atoms with E-state index in [0.29, 0.717) is 23.9 Å². The van der Waals surface area contributed by atoms with Crippen LogP contribution in [-0.2, 0) is 17.9 Å². The Morgan fingerprint density at radius 1 is 1.12 bits per heavy atom. The van der Waals surface area contributed by atoms with Gasteiger partial charge >= 0.3 is 0 Å². The van der Waals surface area contributed by atoms with E-state index in [0.717, 1.165) is 24.2 Å². The average molecular weight is 471 g/mol. The summed E-state index contributed by atoms with van der Waals surface area (Å²) in [4.78, 5) is 21.3. The van der Waals surface area contributed by atoms with Gasteiger partial charge in [-0.25, -0.2) is 9.37 Å². The smallest absolute Gasteiger partial charge is 0.260 e. The van der Waals surface area contributed by atoms with Gasteiger partial charge < -0.3 is 14.2 Å². The number of benzene rings is 2. The van der Waals surface area contributed by atoms with E-state index in [4.69, 9.17) is 16.3 Å². The van der Waals surface area contributed by atoms with E-state index in [9.17, 15) is 9.18 Å². The molecule has 1 aliphatic rings. The van der Waals surface area contributed by atoms with Crippen molar-refractivity contribution in [3.63, 3.8) is 0 Å². The summed E-state index contributed by atoms with van der Waals surface area (Å²) in [6, 6.07) is 12.2. The first-order valence-electron chi connectivity index (χ1n) is 11.0. The van der Waals surface area contributed by atoms with Crippen molar-refractivity contribution in [2.45, 2.75) is 39.0 Å². The lowest BCUT2D eigenvalue weighted by Crippen LogP contribution is -2.58. The van der Waals surface area contributed by atoms with Crippen LogP contribution in [0.2, 0.25) is 5.02 Å². The summed E-state index contributed by atoms with van der Waals surface area (Å²) in [6.07, 6.45) is 5.31. The minimum absolute atomic E-state index is 0.0341. The summed E-state index contributed by atoms with van der Waals surface area (Å²) in [6.45, 7) is 6.78.